The van der Waals surface area contributed by atoms with E-state index in [9.17, 15) is 17.6 Å². The van der Waals surface area contributed by atoms with Gasteiger partial charge < -0.3 is 10.2 Å². The Morgan fingerprint density at radius 2 is 1.70 bits per heavy atom. The predicted molar refractivity (Wildman–Crippen MR) is 116 cm³/mol. The number of anilines is 2. The Labute approximate surface area is 177 Å². The molecule has 1 atom stereocenters. The molecule has 0 aromatic heterocycles. The summed E-state index contributed by atoms with van der Waals surface area (Å²) in [4.78, 5) is 14.9. The van der Waals surface area contributed by atoms with Gasteiger partial charge in [0.1, 0.15) is 11.9 Å². The van der Waals surface area contributed by atoms with Gasteiger partial charge in [-0.25, -0.2) is 12.8 Å². The number of carbonyl (C=O) groups excluding carboxylic acids is 1. The zero-order valence-electron chi connectivity index (χ0n) is 17.3. The van der Waals surface area contributed by atoms with E-state index >= 15 is 0 Å². The molecule has 3 rings (SSSR count). The van der Waals surface area contributed by atoms with Crippen LogP contribution >= 0.6 is 0 Å². The van der Waals surface area contributed by atoms with Crippen LogP contribution in [0.4, 0.5) is 15.8 Å². The van der Waals surface area contributed by atoms with Crippen molar-refractivity contribution in [1.29, 1.82) is 0 Å². The largest absolute Gasteiger partial charge is 0.372 e. The molecule has 8 heteroatoms. The molecule has 2 aromatic carbocycles. The fourth-order valence-electron chi connectivity index (χ4n) is 3.44. The van der Waals surface area contributed by atoms with E-state index in [-0.39, 0.29) is 11.3 Å². The molecular weight excluding hydrogens is 405 g/mol. The maximum atomic E-state index is 13.1. The standard InChI is InChI=1S/C22H28FN3O3S/c1-3-21(25-30(28,29)20-10-4-17(23)5-11-20)22(27)24-18-6-8-19(9-7-18)26-14-12-16(2)13-15-26/h4-11,16,21,25H,3,12-15H2,1-2H3,(H,24,27). The molecule has 2 N–H and O–H groups in total. The molecule has 1 saturated heterocycles. The van der Waals surface area contributed by atoms with Crippen LogP contribution in [0.3, 0.4) is 0 Å². The number of hydrogen-bond acceptors (Lipinski definition) is 4. The number of halogens is 1. The lowest BCUT2D eigenvalue weighted by Gasteiger charge is -2.32. The summed E-state index contributed by atoms with van der Waals surface area (Å²) < 4.78 is 40.4. The molecule has 1 aliphatic heterocycles. The summed E-state index contributed by atoms with van der Waals surface area (Å²) in [5.41, 5.74) is 1.72. The minimum Gasteiger partial charge on any atom is -0.372 e. The summed E-state index contributed by atoms with van der Waals surface area (Å²) in [6.07, 6.45) is 2.62. The number of rotatable bonds is 7. The van der Waals surface area contributed by atoms with Gasteiger partial charge in [0.25, 0.3) is 0 Å². The van der Waals surface area contributed by atoms with Gasteiger partial charge in [0.2, 0.25) is 15.9 Å². The van der Waals surface area contributed by atoms with Gasteiger partial charge in [0, 0.05) is 24.5 Å². The second-order valence-corrected chi connectivity index (χ2v) is 9.46. The van der Waals surface area contributed by atoms with Crippen molar-refractivity contribution in [2.75, 3.05) is 23.3 Å². The van der Waals surface area contributed by atoms with Crippen molar-refractivity contribution in [1.82, 2.24) is 4.72 Å². The molecule has 0 saturated carbocycles. The van der Waals surface area contributed by atoms with Gasteiger partial charge in [-0.2, -0.15) is 4.72 Å². The lowest BCUT2D eigenvalue weighted by molar-refractivity contribution is -0.117. The number of benzene rings is 2. The first-order valence-electron chi connectivity index (χ1n) is 10.2. The average molecular weight is 434 g/mol. The Morgan fingerprint density at radius 3 is 2.27 bits per heavy atom. The van der Waals surface area contributed by atoms with Crippen LogP contribution < -0.4 is 14.9 Å². The number of hydrogen-bond donors (Lipinski definition) is 2. The number of piperidine rings is 1. The molecule has 1 unspecified atom stereocenters. The summed E-state index contributed by atoms with van der Waals surface area (Å²) in [5.74, 6) is -0.214. The first-order valence-corrected chi connectivity index (χ1v) is 11.7. The Bertz CT molecular complexity index is 954. The topological polar surface area (TPSA) is 78.5 Å². The van der Waals surface area contributed by atoms with E-state index in [2.05, 4.69) is 21.9 Å². The minimum atomic E-state index is -3.94. The Kier molecular flexibility index (Phi) is 7.10. The van der Waals surface area contributed by atoms with Gasteiger partial charge in [-0.3, -0.25) is 4.79 Å². The van der Waals surface area contributed by atoms with E-state index in [1.807, 2.05) is 24.3 Å². The normalized spacial score (nSPS) is 16.3. The Hall–Kier alpha value is -2.45. The maximum Gasteiger partial charge on any atom is 0.242 e. The summed E-state index contributed by atoms with van der Waals surface area (Å²) in [5, 5.41) is 2.77. The van der Waals surface area contributed by atoms with Crippen LogP contribution in [0.15, 0.2) is 53.4 Å². The first-order chi connectivity index (χ1) is 14.3. The van der Waals surface area contributed by atoms with Gasteiger partial charge >= 0.3 is 0 Å². The number of amides is 1. The third-order valence-corrected chi connectivity index (χ3v) is 6.92. The fraction of sp³-hybridized carbons (Fsp3) is 0.409. The van der Waals surface area contributed by atoms with Crippen LogP contribution in [0.2, 0.25) is 0 Å². The third kappa shape index (κ3) is 5.58. The van der Waals surface area contributed by atoms with E-state index < -0.39 is 27.8 Å². The van der Waals surface area contributed by atoms with Crippen LogP contribution in [0.25, 0.3) is 0 Å². The number of nitrogens with zero attached hydrogens (tertiary/aromatic N) is 1. The summed E-state index contributed by atoms with van der Waals surface area (Å²) in [7, 11) is -3.94. The molecule has 1 fully saturated rings. The highest BCUT2D eigenvalue weighted by atomic mass is 32.2. The van der Waals surface area contributed by atoms with Gasteiger partial charge in [-0.1, -0.05) is 13.8 Å². The molecule has 6 nitrogen and oxygen atoms in total. The third-order valence-electron chi connectivity index (χ3n) is 5.43. The second kappa shape index (κ2) is 9.57. The quantitative estimate of drug-likeness (QED) is 0.697. The van der Waals surface area contributed by atoms with Crippen LogP contribution in [0.1, 0.15) is 33.1 Å². The summed E-state index contributed by atoms with van der Waals surface area (Å²) in [6, 6.07) is 11.1. The van der Waals surface area contributed by atoms with Crippen molar-refractivity contribution in [3.63, 3.8) is 0 Å². The Morgan fingerprint density at radius 1 is 1.10 bits per heavy atom. The van der Waals surface area contributed by atoms with Gasteiger partial charge in [-0.05, 0) is 73.7 Å². The van der Waals surface area contributed by atoms with Gasteiger partial charge in [0.15, 0.2) is 0 Å². The lowest BCUT2D eigenvalue weighted by atomic mass is 9.99. The molecule has 1 amide bonds. The monoisotopic (exact) mass is 433 g/mol. The molecular formula is C22H28FN3O3S. The number of nitrogens with one attached hydrogen (secondary N) is 2. The fourth-order valence-corrected chi connectivity index (χ4v) is 4.72. The molecule has 1 aliphatic rings. The van der Waals surface area contributed by atoms with Crippen molar-refractivity contribution in [2.24, 2.45) is 5.92 Å². The van der Waals surface area contributed by atoms with Crippen LogP contribution in [0.5, 0.6) is 0 Å². The number of carbonyl (C=O) groups is 1. The molecule has 1 heterocycles. The van der Waals surface area contributed by atoms with Crippen molar-refractivity contribution < 1.29 is 17.6 Å². The van der Waals surface area contributed by atoms with E-state index in [4.69, 9.17) is 0 Å². The van der Waals surface area contributed by atoms with E-state index in [0.717, 1.165) is 36.8 Å². The van der Waals surface area contributed by atoms with Crippen LogP contribution in [-0.4, -0.2) is 33.5 Å². The van der Waals surface area contributed by atoms with Gasteiger partial charge in [0.05, 0.1) is 4.90 Å². The van der Waals surface area contributed by atoms with Gasteiger partial charge in [-0.15, -0.1) is 0 Å². The highest BCUT2D eigenvalue weighted by Gasteiger charge is 2.24. The first kappa shape index (κ1) is 22.2. The smallest absolute Gasteiger partial charge is 0.242 e. The number of sulfonamides is 1. The molecule has 0 spiro atoms. The van der Waals surface area contributed by atoms with E-state index in [1.54, 1.807) is 6.92 Å². The molecule has 162 valence electrons. The van der Waals surface area contributed by atoms with Crippen LogP contribution in [-0.2, 0) is 14.8 Å². The highest BCUT2D eigenvalue weighted by molar-refractivity contribution is 7.89. The molecule has 30 heavy (non-hydrogen) atoms. The summed E-state index contributed by atoms with van der Waals surface area (Å²) in [6.45, 7) is 6.04. The van der Waals surface area contributed by atoms with Crippen molar-refractivity contribution in [2.45, 2.75) is 44.0 Å². The van der Waals surface area contributed by atoms with Crippen molar-refractivity contribution in [3.05, 3.63) is 54.3 Å². The van der Waals surface area contributed by atoms with E-state index in [0.29, 0.717) is 5.69 Å². The molecule has 0 bridgehead atoms. The second-order valence-electron chi connectivity index (χ2n) is 7.74. The molecule has 0 aliphatic carbocycles. The zero-order chi connectivity index (χ0) is 21.7. The van der Waals surface area contributed by atoms with E-state index in [1.165, 1.54) is 25.0 Å². The van der Waals surface area contributed by atoms with Crippen molar-refractivity contribution >= 4 is 27.3 Å². The SMILES string of the molecule is CCC(NS(=O)(=O)c1ccc(F)cc1)C(=O)Nc1ccc(N2CCC(C)CC2)cc1. The highest BCUT2D eigenvalue weighted by Crippen LogP contribution is 2.24. The molecule has 0 radical (unpaired) electrons. The minimum absolute atomic E-state index is 0.0876. The zero-order valence-corrected chi connectivity index (χ0v) is 18.1. The van der Waals surface area contributed by atoms with Crippen LogP contribution in [0, 0.1) is 11.7 Å². The molecule has 2 aromatic rings. The maximum absolute atomic E-state index is 13.1. The lowest BCUT2D eigenvalue weighted by Crippen LogP contribution is -2.43. The Balaban J connectivity index is 1.62. The summed E-state index contributed by atoms with van der Waals surface area (Å²) >= 11 is 0. The average Bonchev–Trinajstić information content (AvgIpc) is 2.73. The van der Waals surface area contributed by atoms with Crippen molar-refractivity contribution in [3.8, 4) is 0 Å². The predicted octanol–water partition coefficient (Wildman–Crippen LogP) is 3.76.